The maximum absolute atomic E-state index is 13.1. The van der Waals surface area contributed by atoms with Crippen LogP contribution in [-0.4, -0.2) is 53.4 Å². The Kier molecular flexibility index (Phi) is 6.26. The van der Waals surface area contributed by atoms with Crippen molar-refractivity contribution in [2.24, 2.45) is 0 Å². The van der Waals surface area contributed by atoms with Crippen molar-refractivity contribution in [2.45, 2.75) is 62.4 Å². The van der Waals surface area contributed by atoms with Gasteiger partial charge in [-0.05, 0) is 87.9 Å². The van der Waals surface area contributed by atoms with Gasteiger partial charge in [-0.3, -0.25) is 9.59 Å². The highest BCUT2D eigenvalue weighted by Crippen LogP contribution is 2.49. The number of likely N-dealkylation sites (tertiary alicyclic amines) is 1. The molecule has 2 saturated carbocycles. The van der Waals surface area contributed by atoms with Crippen molar-refractivity contribution in [3.63, 3.8) is 0 Å². The van der Waals surface area contributed by atoms with Gasteiger partial charge >= 0.3 is 0 Å². The van der Waals surface area contributed by atoms with Gasteiger partial charge in [-0.1, -0.05) is 29.8 Å². The molecule has 3 fully saturated rings. The molecule has 0 bridgehead atoms. The van der Waals surface area contributed by atoms with E-state index < -0.39 is 0 Å². The molecular formula is C29H33ClN4O2. The van der Waals surface area contributed by atoms with Gasteiger partial charge in [0, 0.05) is 52.3 Å². The van der Waals surface area contributed by atoms with E-state index in [9.17, 15) is 9.59 Å². The standard InChI is InChI=1S/C29H33ClN4O2/c30-23-17-31-26-16-20(8-11-22(23)26)28(36)33-25-5-3-4-24(25)32-27(35)19-6-9-21(10-7-19)29(12-13-29)18-34-14-1-2-15-34/h6-11,16-17,24-25,31H,1-5,12-15,18H2,(H,32,35)(H,33,36)/t24?,25-/m1/s1. The number of nitrogens with one attached hydrogen (secondary N) is 3. The van der Waals surface area contributed by atoms with E-state index in [2.05, 4.69) is 32.7 Å². The number of H-pyrrole nitrogens is 1. The summed E-state index contributed by atoms with van der Waals surface area (Å²) in [6.07, 6.45) is 9.51. The lowest BCUT2D eigenvalue weighted by molar-refractivity contribution is 0.0892. The second-order valence-electron chi connectivity index (χ2n) is 10.8. The van der Waals surface area contributed by atoms with Gasteiger partial charge in [0.15, 0.2) is 0 Å². The number of fused-ring (bicyclic) bond motifs is 1. The Labute approximate surface area is 216 Å². The molecule has 2 aliphatic carbocycles. The first-order valence-electron chi connectivity index (χ1n) is 13.2. The van der Waals surface area contributed by atoms with Crippen LogP contribution in [0.25, 0.3) is 10.9 Å². The Bertz CT molecular complexity index is 1270. The molecule has 2 aromatic carbocycles. The van der Waals surface area contributed by atoms with Gasteiger partial charge in [0.2, 0.25) is 0 Å². The summed E-state index contributed by atoms with van der Waals surface area (Å²) in [7, 11) is 0. The van der Waals surface area contributed by atoms with E-state index in [1.54, 1.807) is 12.3 Å². The second-order valence-corrected chi connectivity index (χ2v) is 11.2. The summed E-state index contributed by atoms with van der Waals surface area (Å²) >= 11 is 6.15. The minimum atomic E-state index is -0.133. The van der Waals surface area contributed by atoms with Crippen molar-refractivity contribution >= 4 is 34.3 Å². The molecule has 1 unspecified atom stereocenters. The minimum absolute atomic E-state index is 0.0699. The highest BCUT2D eigenvalue weighted by Gasteiger charge is 2.45. The predicted molar refractivity (Wildman–Crippen MR) is 143 cm³/mol. The number of nitrogens with zero attached hydrogens (tertiary/aromatic N) is 1. The van der Waals surface area contributed by atoms with Crippen LogP contribution in [0.3, 0.4) is 0 Å². The number of amides is 2. The van der Waals surface area contributed by atoms with Crippen molar-refractivity contribution in [3.8, 4) is 0 Å². The maximum atomic E-state index is 13.1. The first-order valence-corrected chi connectivity index (χ1v) is 13.6. The summed E-state index contributed by atoms with van der Waals surface area (Å²) in [5.74, 6) is -0.203. The number of hydrogen-bond donors (Lipinski definition) is 3. The fraction of sp³-hybridized carbons (Fsp3) is 0.448. The van der Waals surface area contributed by atoms with Gasteiger partial charge in [0.05, 0.1) is 5.02 Å². The van der Waals surface area contributed by atoms with Gasteiger partial charge in [0.1, 0.15) is 0 Å². The Hall–Kier alpha value is -2.83. The summed E-state index contributed by atoms with van der Waals surface area (Å²) in [6.45, 7) is 3.58. The van der Waals surface area contributed by atoms with Gasteiger partial charge in [-0.25, -0.2) is 0 Å². The number of hydrogen-bond acceptors (Lipinski definition) is 3. The van der Waals surface area contributed by atoms with Crippen LogP contribution in [0.1, 0.15) is 71.2 Å². The molecule has 3 N–H and O–H groups in total. The Morgan fingerprint density at radius 1 is 0.917 bits per heavy atom. The van der Waals surface area contributed by atoms with Gasteiger partial charge < -0.3 is 20.5 Å². The van der Waals surface area contributed by atoms with E-state index in [0.717, 1.165) is 36.7 Å². The molecule has 36 heavy (non-hydrogen) atoms. The lowest BCUT2D eigenvalue weighted by Crippen LogP contribution is -2.48. The molecule has 2 atom stereocenters. The highest BCUT2D eigenvalue weighted by molar-refractivity contribution is 6.35. The molecule has 7 heteroatoms. The third-order valence-electron chi connectivity index (χ3n) is 8.38. The smallest absolute Gasteiger partial charge is 0.251 e. The van der Waals surface area contributed by atoms with E-state index in [1.165, 1.54) is 44.3 Å². The topological polar surface area (TPSA) is 77.2 Å². The zero-order chi connectivity index (χ0) is 24.7. The van der Waals surface area contributed by atoms with Gasteiger partial charge in [-0.2, -0.15) is 0 Å². The molecule has 0 spiro atoms. The fourth-order valence-corrected chi connectivity index (χ4v) is 6.29. The number of benzene rings is 2. The number of carbonyl (C=O) groups is 2. The molecule has 0 radical (unpaired) electrons. The van der Waals surface area contributed by atoms with E-state index in [4.69, 9.17) is 11.6 Å². The summed E-state index contributed by atoms with van der Waals surface area (Å²) in [6, 6.07) is 13.5. The van der Waals surface area contributed by atoms with Crippen LogP contribution in [0.4, 0.5) is 0 Å². The normalized spacial score (nSPS) is 23.1. The van der Waals surface area contributed by atoms with Crippen LogP contribution in [0.2, 0.25) is 5.02 Å². The van der Waals surface area contributed by atoms with Crippen molar-refractivity contribution in [2.75, 3.05) is 19.6 Å². The van der Waals surface area contributed by atoms with Crippen LogP contribution in [-0.2, 0) is 5.41 Å². The molecule has 188 valence electrons. The third kappa shape index (κ3) is 4.64. The largest absolute Gasteiger partial charge is 0.360 e. The van der Waals surface area contributed by atoms with Crippen molar-refractivity contribution in [1.29, 1.82) is 0 Å². The van der Waals surface area contributed by atoms with Crippen molar-refractivity contribution in [3.05, 3.63) is 70.4 Å². The van der Waals surface area contributed by atoms with E-state index in [0.29, 0.717) is 16.1 Å². The molecule has 2 heterocycles. The molecular weight excluding hydrogens is 472 g/mol. The summed E-state index contributed by atoms with van der Waals surface area (Å²) in [5, 5.41) is 7.86. The first-order chi connectivity index (χ1) is 17.5. The quantitative estimate of drug-likeness (QED) is 0.422. The molecule has 1 saturated heterocycles. The van der Waals surface area contributed by atoms with Gasteiger partial charge in [-0.15, -0.1) is 0 Å². The maximum Gasteiger partial charge on any atom is 0.251 e. The molecule has 6 rings (SSSR count). The molecule has 1 aromatic heterocycles. The molecule has 2 amide bonds. The van der Waals surface area contributed by atoms with Gasteiger partial charge in [0.25, 0.3) is 11.8 Å². The van der Waals surface area contributed by atoms with Crippen molar-refractivity contribution < 1.29 is 9.59 Å². The zero-order valence-corrected chi connectivity index (χ0v) is 21.2. The van der Waals surface area contributed by atoms with Crippen LogP contribution in [0.5, 0.6) is 0 Å². The van der Waals surface area contributed by atoms with E-state index >= 15 is 0 Å². The average Bonchev–Trinajstić information content (AvgIpc) is 3.18. The molecule has 3 aliphatic rings. The fourth-order valence-electron chi connectivity index (χ4n) is 6.07. The number of aromatic amines is 1. The zero-order valence-electron chi connectivity index (χ0n) is 20.5. The second kappa shape index (κ2) is 9.56. The van der Waals surface area contributed by atoms with Crippen LogP contribution in [0, 0.1) is 0 Å². The number of carbonyl (C=O) groups excluding carboxylic acids is 2. The van der Waals surface area contributed by atoms with Crippen LogP contribution in [0.15, 0.2) is 48.7 Å². The SMILES string of the molecule is O=C(NC1CCC[C@H]1NC(=O)c1ccc2c(Cl)c[nH]c2c1)c1ccc(C2(CN3CCCC3)CC2)cc1. The number of rotatable bonds is 7. The first kappa shape index (κ1) is 23.6. The molecule has 1 aliphatic heterocycles. The summed E-state index contributed by atoms with van der Waals surface area (Å²) in [4.78, 5) is 31.7. The van der Waals surface area contributed by atoms with Crippen LogP contribution < -0.4 is 10.6 Å². The molecule has 3 aromatic rings. The van der Waals surface area contributed by atoms with E-state index in [-0.39, 0.29) is 29.3 Å². The Balaban J connectivity index is 1.07. The lowest BCUT2D eigenvalue weighted by Gasteiger charge is -2.24. The third-order valence-corrected chi connectivity index (χ3v) is 8.69. The Morgan fingerprint density at radius 3 is 2.22 bits per heavy atom. The molecule has 6 nitrogen and oxygen atoms in total. The minimum Gasteiger partial charge on any atom is -0.360 e. The Morgan fingerprint density at radius 2 is 1.56 bits per heavy atom. The summed E-state index contributed by atoms with van der Waals surface area (Å²) < 4.78 is 0. The lowest BCUT2D eigenvalue weighted by atomic mass is 9.94. The number of aromatic nitrogens is 1. The number of halogens is 1. The average molecular weight is 505 g/mol. The van der Waals surface area contributed by atoms with Crippen LogP contribution >= 0.6 is 11.6 Å². The van der Waals surface area contributed by atoms with E-state index in [1.807, 2.05) is 24.3 Å². The highest BCUT2D eigenvalue weighted by atomic mass is 35.5. The van der Waals surface area contributed by atoms with Crippen molar-refractivity contribution in [1.82, 2.24) is 20.5 Å². The monoisotopic (exact) mass is 504 g/mol. The summed E-state index contributed by atoms with van der Waals surface area (Å²) in [5.41, 5.74) is 3.74. The predicted octanol–water partition coefficient (Wildman–Crippen LogP) is 5.03.